The molecular formula is C12H25N3O. The number of nitrogens with one attached hydrogen (secondary N) is 1. The van der Waals surface area contributed by atoms with Crippen molar-refractivity contribution in [2.24, 2.45) is 0 Å². The SMILES string of the molecule is CN(C)CC1CC(O)CN1C1CCCNC1. The molecule has 0 spiro atoms. The van der Waals surface area contributed by atoms with Gasteiger partial charge in [-0.2, -0.15) is 0 Å². The van der Waals surface area contributed by atoms with Gasteiger partial charge in [-0.25, -0.2) is 0 Å². The van der Waals surface area contributed by atoms with Gasteiger partial charge < -0.3 is 15.3 Å². The molecular weight excluding hydrogens is 202 g/mol. The van der Waals surface area contributed by atoms with E-state index < -0.39 is 0 Å². The molecule has 3 atom stereocenters. The molecule has 0 aliphatic carbocycles. The maximum atomic E-state index is 9.83. The summed E-state index contributed by atoms with van der Waals surface area (Å²) >= 11 is 0. The van der Waals surface area contributed by atoms with E-state index in [0.717, 1.165) is 32.6 Å². The number of aliphatic hydroxyl groups excluding tert-OH is 1. The average molecular weight is 227 g/mol. The lowest BCUT2D eigenvalue weighted by Gasteiger charge is -2.36. The van der Waals surface area contributed by atoms with Crippen LogP contribution in [0.2, 0.25) is 0 Å². The number of hydrogen-bond acceptors (Lipinski definition) is 4. The summed E-state index contributed by atoms with van der Waals surface area (Å²) in [6, 6.07) is 1.17. The van der Waals surface area contributed by atoms with Gasteiger partial charge in [0.05, 0.1) is 6.10 Å². The molecule has 4 heteroatoms. The average Bonchev–Trinajstić information content (AvgIpc) is 2.60. The molecule has 2 rings (SSSR count). The number of rotatable bonds is 3. The molecule has 94 valence electrons. The van der Waals surface area contributed by atoms with Crippen molar-refractivity contribution < 1.29 is 5.11 Å². The fraction of sp³-hybridized carbons (Fsp3) is 1.00. The Morgan fingerprint density at radius 1 is 1.44 bits per heavy atom. The van der Waals surface area contributed by atoms with E-state index in [-0.39, 0.29) is 6.10 Å². The Hall–Kier alpha value is -0.160. The van der Waals surface area contributed by atoms with Crippen LogP contribution >= 0.6 is 0 Å². The predicted molar refractivity (Wildman–Crippen MR) is 65.6 cm³/mol. The molecule has 2 fully saturated rings. The van der Waals surface area contributed by atoms with E-state index >= 15 is 0 Å². The van der Waals surface area contributed by atoms with E-state index in [1.807, 2.05) is 0 Å². The molecule has 2 N–H and O–H groups in total. The zero-order chi connectivity index (χ0) is 11.5. The highest BCUT2D eigenvalue weighted by molar-refractivity contribution is 4.92. The maximum absolute atomic E-state index is 9.83. The molecule has 0 radical (unpaired) electrons. The lowest BCUT2D eigenvalue weighted by molar-refractivity contribution is 0.119. The Balaban J connectivity index is 1.94. The van der Waals surface area contributed by atoms with E-state index in [1.54, 1.807) is 0 Å². The Morgan fingerprint density at radius 2 is 2.25 bits per heavy atom. The van der Waals surface area contributed by atoms with Crippen molar-refractivity contribution in [1.82, 2.24) is 15.1 Å². The van der Waals surface area contributed by atoms with Crippen LogP contribution < -0.4 is 5.32 Å². The summed E-state index contributed by atoms with van der Waals surface area (Å²) in [6.07, 6.45) is 3.37. The van der Waals surface area contributed by atoms with Crippen LogP contribution in [0, 0.1) is 0 Å². The first kappa shape index (κ1) is 12.3. The first-order chi connectivity index (χ1) is 7.66. The van der Waals surface area contributed by atoms with Crippen molar-refractivity contribution in [3.63, 3.8) is 0 Å². The molecule has 0 aromatic carbocycles. The zero-order valence-corrected chi connectivity index (χ0v) is 10.5. The number of likely N-dealkylation sites (tertiary alicyclic amines) is 1. The van der Waals surface area contributed by atoms with Crippen molar-refractivity contribution in [2.75, 3.05) is 40.3 Å². The lowest BCUT2D eigenvalue weighted by atomic mass is 10.0. The topological polar surface area (TPSA) is 38.7 Å². The lowest BCUT2D eigenvalue weighted by Crippen LogP contribution is -2.50. The van der Waals surface area contributed by atoms with Gasteiger partial charge in [-0.1, -0.05) is 0 Å². The summed E-state index contributed by atoms with van der Waals surface area (Å²) in [5.41, 5.74) is 0. The summed E-state index contributed by atoms with van der Waals surface area (Å²) in [6.45, 7) is 4.18. The number of hydrogen-bond donors (Lipinski definition) is 2. The Kier molecular flexibility index (Phi) is 4.19. The van der Waals surface area contributed by atoms with Crippen LogP contribution in [0.25, 0.3) is 0 Å². The van der Waals surface area contributed by atoms with Crippen molar-refractivity contribution in [3.8, 4) is 0 Å². The van der Waals surface area contributed by atoms with Crippen LogP contribution in [-0.4, -0.2) is 73.4 Å². The summed E-state index contributed by atoms with van der Waals surface area (Å²) in [4.78, 5) is 4.75. The van der Waals surface area contributed by atoms with E-state index in [4.69, 9.17) is 0 Å². The van der Waals surface area contributed by atoms with Crippen LogP contribution in [0.4, 0.5) is 0 Å². The van der Waals surface area contributed by atoms with Gasteiger partial charge in [0.2, 0.25) is 0 Å². The minimum Gasteiger partial charge on any atom is -0.392 e. The molecule has 2 aliphatic rings. The molecule has 4 nitrogen and oxygen atoms in total. The maximum Gasteiger partial charge on any atom is 0.0682 e. The van der Waals surface area contributed by atoms with Crippen molar-refractivity contribution in [2.45, 2.75) is 37.5 Å². The van der Waals surface area contributed by atoms with Gasteiger partial charge in [-0.05, 0) is 39.9 Å². The van der Waals surface area contributed by atoms with Crippen LogP contribution in [0.15, 0.2) is 0 Å². The second-order valence-corrected chi connectivity index (χ2v) is 5.50. The summed E-state index contributed by atoms with van der Waals surface area (Å²) < 4.78 is 0. The highest BCUT2D eigenvalue weighted by Crippen LogP contribution is 2.24. The third-order valence-corrected chi connectivity index (χ3v) is 3.75. The van der Waals surface area contributed by atoms with Crippen molar-refractivity contribution >= 4 is 0 Å². The standard InChI is InChI=1S/C12H25N3O/c1-14(2)8-11-6-12(16)9-15(11)10-4-3-5-13-7-10/h10-13,16H,3-9H2,1-2H3. The van der Waals surface area contributed by atoms with Gasteiger partial charge >= 0.3 is 0 Å². The molecule has 0 bridgehead atoms. The van der Waals surface area contributed by atoms with Gasteiger partial charge in [-0.3, -0.25) is 4.90 Å². The molecule has 0 aromatic rings. The molecule has 2 aliphatic heterocycles. The number of aliphatic hydroxyl groups is 1. The molecule has 0 aromatic heterocycles. The zero-order valence-electron chi connectivity index (χ0n) is 10.5. The minimum absolute atomic E-state index is 0.119. The molecule has 2 saturated heterocycles. The van der Waals surface area contributed by atoms with Crippen molar-refractivity contribution in [3.05, 3.63) is 0 Å². The fourth-order valence-electron chi connectivity index (χ4n) is 3.08. The summed E-state index contributed by atoms with van der Waals surface area (Å²) in [5, 5.41) is 13.3. The van der Waals surface area contributed by atoms with E-state index in [2.05, 4.69) is 29.2 Å². The molecule has 3 unspecified atom stereocenters. The Morgan fingerprint density at radius 3 is 2.88 bits per heavy atom. The number of piperidine rings is 1. The number of likely N-dealkylation sites (N-methyl/N-ethyl adjacent to an activating group) is 1. The van der Waals surface area contributed by atoms with Crippen LogP contribution in [0.5, 0.6) is 0 Å². The summed E-state index contributed by atoms with van der Waals surface area (Å²) in [7, 11) is 4.23. The third kappa shape index (κ3) is 2.94. The first-order valence-electron chi connectivity index (χ1n) is 6.46. The Bertz CT molecular complexity index is 216. The van der Waals surface area contributed by atoms with Crippen LogP contribution in [0.3, 0.4) is 0 Å². The number of nitrogens with zero attached hydrogens (tertiary/aromatic N) is 2. The molecule has 0 saturated carbocycles. The predicted octanol–water partition coefficient (Wildman–Crippen LogP) is -0.265. The van der Waals surface area contributed by atoms with Gasteiger partial charge in [0, 0.05) is 31.7 Å². The van der Waals surface area contributed by atoms with Gasteiger partial charge in [0.1, 0.15) is 0 Å². The van der Waals surface area contributed by atoms with Crippen LogP contribution in [0.1, 0.15) is 19.3 Å². The van der Waals surface area contributed by atoms with E-state index in [9.17, 15) is 5.11 Å². The Labute approximate surface area is 98.6 Å². The minimum atomic E-state index is -0.119. The van der Waals surface area contributed by atoms with Gasteiger partial charge in [-0.15, -0.1) is 0 Å². The normalized spacial score (nSPS) is 37.1. The van der Waals surface area contributed by atoms with Gasteiger partial charge in [0.15, 0.2) is 0 Å². The first-order valence-corrected chi connectivity index (χ1v) is 6.46. The second kappa shape index (κ2) is 5.45. The molecule has 16 heavy (non-hydrogen) atoms. The smallest absolute Gasteiger partial charge is 0.0682 e. The molecule has 0 amide bonds. The van der Waals surface area contributed by atoms with Crippen LogP contribution in [-0.2, 0) is 0 Å². The highest BCUT2D eigenvalue weighted by Gasteiger charge is 2.35. The largest absolute Gasteiger partial charge is 0.392 e. The van der Waals surface area contributed by atoms with E-state index in [0.29, 0.717) is 12.1 Å². The monoisotopic (exact) mass is 227 g/mol. The van der Waals surface area contributed by atoms with Gasteiger partial charge in [0.25, 0.3) is 0 Å². The second-order valence-electron chi connectivity index (χ2n) is 5.50. The van der Waals surface area contributed by atoms with Crippen molar-refractivity contribution in [1.29, 1.82) is 0 Å². The van der Waals surface area contributed by atoms with E-state index in [1.165, 1.54) is 12.8 Å². The number of β-amino-alcohol motifs (C(OH)–C–C–N with tert-alkyl or cyclic N) is 1. The molecule has 2 heterocycles. The summed E-state index contributed by atoms with van der Waals surface area (Å²) in [5.74, 6) is 0. The quantitative estimate of drug-likeness (QED) is 0.696. The highest BCUT2D eigenvalue weighted by atomic mass is 16.3. The third-order valence-electron chi connectivity index (χ3n) is 3.75. The fourth-order valence-corrected chi connectivity index (χ4v) is 3.08.